The normalized spacial score (nSPS) is 10.4. The molecule has 5 nitrogen and oxygen atoms in total. The summed E-state index contributed by atoms with van der Waals surface area (Å²) in [5.41, 5.74) is 2.57. The molecule has 0 atom stereocenters. The van der Waals surface area contributed by atoms with Crippen LogP contribution in [-0.2, 0) is 14.3 Å². The Kier molecular flexibility index (Phi) is 7.00. The van der Waals surface area contributed by atoms with Crippen molar-refractivity contribution in [3.63, 3.8) is 0 Å². The van der Waals surface area contributed by atoms with Gasteiger partial charge in [-0.05, 0) is 23.3 Å². The molecule has 0 aliphatic rings. The van der Waals surface area contributed by atoms with Crippen molar-refractivity contribution in [2.24, 2.45) is 0 Å². The van der Waals surface area contributed by atoms with E-state index in [4.69, 9.17) is 9.47 Å². The number of para-hydroxylation sites is 2. The van der Waals surface area contributed by atoms with Gasteiger partial charge in [-0.1, -0.05) is 72.8 Å². The van der Waals surface area contributed by atoms with E-state index in [-0.39, 0.29) is 18.9 Å². The Morgan fingerprint density at radius 2 is 1.38 bits per heavy atom. The van der Waals surface area contributed by atoms with Crippen molar-refractivity contribution in [1.29, 1.82) is 0 Å². The van der Waals surface area contributed by atoms with Gasteiger partial charge < -0.3 is 14.8 Å². The van der Waals surface area contributed by atoms with Crippen molar-refractivity contribution in [3.05, 3.63) is 96.1 Å². The Balaban J connectivity index is 1.61. The van der Waals surface area contributed by atoms with E-state index in [0.717, 1.165) is 11.1 Å². The largest absolute Gasteiger partial charge is 0.495 e. The van der Waals surface area contributed by atoms with Gasteiger partial charge in [0.1, 0.15) is 5.75 Å². The summed E-state index contributed by atoms with van der Waals surface area (Å²) >= 11 is 0. The summed E-state index contributed by atoms with van der Waals surface area (Å²) in [4.78, 5) is 24.6. The predicted molar refractivity (Wildman–Crippen MR) is 112 cm³/mol. The Hall–Kier alpha value is -3.60. The van der Waals surface area contributed by atoms with Crippen LogP contribution in [0.15, 0.2) is 84.9 Å². The summed E-state index contributed by atoms with van der Waals surface area (Å²) in [5.74, 6) is -0.445. The average molecular weight is 389 g/mol. The summed E-state index contributed by atoms with van der Waals surface area (Å²) in [7, 11) is 1.53. The fourth-order valence-corrected chi connectivity index (χ4v) is 3.10. The number of carbonyl (C=O) groups excluding carboxylic acids is 2. The minimum absolute atomic E-state index is 0.137. The van der Waals surface area contributed by atoms with Crippen LogP contribution in [0.4, 0.5) is 5.69 Å². The van der Waals surface area contributed by atoms with Gasteiger partial charge in [-0.25, -0.2) is 0 Å². The number of carbonyl (C=O) groups is 2. The molecule has 29 heavy (non-hydrogen) atoms. The molecule has 0 fully saturated rings. The summed E-state index contributed by atoms with van der Waals surface area (Å²) < 4.78 is 10.4. The highest BCUT2D eigenvalue weighted by Gasteiger charge is 2.20. The Morgan fingerprint density at radius 3 is 1.97 bits per heavy atom. The predicted octanol–water partition coefficient (Wildman–Crippen LogP) is 4.40. The lowest BCUT2D eigenvalue weighted by molar-refractivity contribution is -0.147. The lowest BCUT2D eigenvalue weighted by Crippen LogP contribution is -2.22. The third kappa shape index (κ3) is 5.69. The first-order chi connectivity index (χ1) is 14.2. The van der Waals surface area contributed by atoms with Crippen molar-refractivity contribution in [1.82, 2.24) is 0 Å². The van der Waals surface area contributed by atoms with E-state index in [1.54, 1.807) is 18.2 Å². The molecule has 0 bridgehead atoms. The second-order valence-electron chi connectivity index (χ2n) is 6.49. The Bertz CT molecular complexity index is 902. The van der Waals surface area contributed by atoms with Gasteiger partial charge >= 0.3 is 5.97 Å². The number of benzene rings is 3. The fraction of sp³-hybridized carbons (Fsp3) is 0.167. The highest BCUT2D eigenvalue weighted by Crippen LogP contribution is 2.28. The number of anilines is 1. The maximum absolute atomic E-state index is 12.5. The molecule has 3 rings (SSSR count). The van der Waals surface area contributed by atoms with Crippen LogP contribution in [0, 0.1) is 0 Å². The summed E-state index contributed by atoms with van der Waals surface area (Å²) in [6.07, 6.45) is 0.149. The van der Waals surface area contributed by atoms with Crippen LogP contribution in [0.1, 0.15) is 23.5 Å². The first-order valence-electron chi connectivity index (χ1n) is 9.35. The maximum Gasteiger partial charge on any atom is 0.307 e. The lowest BCUT2D eigenvalue weighted by atomic mass is 9.89. The second-order valence-corrected chi connectivity index (χ2v) is 6.49. The first-order valence-corrected chi connectivity index (χ1v) is 9.35. The van der Waals surface area contributed by atoms with E-state index in [1.807, 2.05) is 66.7 Å². The number of amides is 1. The zero-order chi connectivity index (χ0) is 20.5. The van der Waals surface area contributed by atoms with E-state index >= 15 is 0 Å². The molecule has 5 heteroatoms. The minimum atomic E-state index is -0.433. The summed E-state index contributed by atoms with van der Waals surface area (Å²) in [5, 5.41) is 2.69. The van der Waals surface area contributed by atoms with Crippen LogP contribution in [0.3, 0.4) is 0 Å². The molecule has 0 aliphatic heterocycles. The molecule has 0 saturated carbocycles. The van der Waals surface area contributed by atoms with E-state index in [1.165, 1.54) is 7.11 Å². The number of ether oxygens (including phenoxy) is 2. The third-order valence-electron chi connectivity index (χ3n) is 4.52. The van der Waals surface area contributed by atoms with Gasteiger partial charge in [-0.2, -0.15) is 0 Å². The number of rotatable bonds is 8. The molecule has 0 radical (unpaired) electrons. The molecule has 0 heterocycles. The van der Waals surface area contributed by atoms with Gasteiger partial charge in [0.25, 0.3) is 5.91 Å². The molecule has 3 aromatic rings. The van der Waals surface area contributed by atoms with E-state index in [0.29, 0.717) is 11.4 Å². The molecule has 1 amide bonds. The number of hydrogen-bond acceptors (Lipinski definition) is 4. The van der Waals surface area contributed by atoms with Crippen molar-refractivity contribution in [2.75, 3.05) is 19.0 Å². The van der Waals surface area contributed by atoms with Crippen molar-refractivity contribution >= 4 is 17.6 Å². The van der Waals surface area contributed by atoms with Gasteiger partial charge in [0.15, 0.2) is 6.61 Å². The summed E-state index contributed by atoms with van der Waals surface area (Å²) in [6, 6.07) is 26.6. The topological polar surface area (TPSA) is 64.6 Å². The average Bonchev–Trinajstić information content (AvgIpc) is 2.77. The fourth-order valence-electron chi connectivity index (χ4n) is 3.10. The lowest BCUT2D eigenvalue weighted by Gasteiger charge is -2.17. The SMILES string of the molecule is COc1ccccc1NC(=O)COC(=O)CC(c1ccccc1)c1ccccc1. The molecule has 3 aromatic carbocycles. The molecule has 0 unspecified atom stereocenters. The quantitative estimate of drug-likeness (QED) is 0.580. The number of methoxy groups -OCH3 is 1. The van der Waals surface area contributed by atoms with Crippen LogP contribution >= 0.6 is 0 Å². The third-order valence-corrected chi connectivity index (χ3v) is 4.52. The molecule has 0 spiro atoms. The maximum atomic E-state index is 12.5. The summed E-state index contributed by atoms with van der Waals surface area (Å²) in [6.45, 7) is -0.354. The van der Waals surface area contributed by atoms with E-state index < -0.39 is 11.9 Å². The molecule has 0 aliphatic carbocycles. The van der Waals surface area contributed by atoms with Crippen molar-refractivity contribution in [2.45, 2.75) is 12.3 Å². The van der Waals surface area contributed by atoms with Crippen LogP contribution in [0.25, 0.3) is 0 Å². The standard InChI is InChI=1S/C24H23NO4/c1-28-22-15-9-8-14-21(22)25-23(26)17-29-24(27)16-20(18-10-4-2-5-11-18)19-12-6-3-7-13-19/h2-15,20H,16-17H2,1H3,(H,25,26). The molecule has 0 aromatic heterocycles. The van der Waals surface area contributed by atoms with E-state index in [9.17, 15) is 9.59 Å². The van der Waals surface area contributed by atoms with Gasteiger partial charge in [-0.15, -0.1) is 0 Å². The van der Waals surface area contributed by atoms with E-state index in [2.05, 4.69) is 5.32 Å². The Labute approximate surface area is 170 Å². The number of hydrogen-bond donors (Lipinski definition) is 1. The number of esters is 1. The van der Waals surface area contributed by atoms with Gasteiger partial charge in [0.2, 0.25) is 0 Å². The van der Waals surface area contributed by atoms with Gasteiger partial charge in [0.05, 0.1) is 19.2 Å². The molecular weight excluding hydrogens is 366 g/mol. The van der Waals surface area contributed by atoms with Crippen LogP contribution in [-0.4, -0.2) is 25.6 Å². The zero-order valence-corrected chi connectivity index (χ0v) is 16.2. The Morgan fingerprint density at radius 1 is 0.828 bits per heavy atom. The molecule has 0 saturated heterocycles. The zero-order valence-electron chi connectivity index (χ0n) is 16.2. The van der Waals surface area contributed by atoms with Crippen molar-refractivity contribution in [3.8, 4) is 5.75 Å². The van der Waals surface area contributed by atoms with Gasteiger partial charge in [0, 0.05) is 5.92 Å². The van der Waals surface area contributed by atoms with Crippen molar-refractivity contribution < 1.29 is 19.1 Å². The van der Waals surface area contributed by atoms with Crippen LogP contribution < -0.4 is 10.1 Å². The number of nitrogens with one attached hydrogen (secondary N) is 1. The first kappa shape index (κ1) is 20.1. The second kappa shape index (κ2) is 10.1. The van der Waals surface area contributed by atoms with Crippen LogP contribution in [0.2, 0.25) is 0 Å². The highest BCUT2D eigenvalue weighted by atomic mass is 16.5. The van der Waals surface area contributed by atoms with Gasteiger partial charge in [-0.3, -0.25) is 9.59 Å². The molecule has 148 valence electrons. The molecule has 1 N–H and O–H groups in total. The highest BCUT2D eigenvalue weighted by molar-refractivity contribution is 5.94. The minimum Gasteiger partial charge on any atom is -0.495 e. The molecular formula is C24H23NO4. The monoisotopic (exact) mass is 389 g/mol. The smallest absolute Gasteiger partial charge is 0.307 e. The van der Waals surface area contributed by atoms with Crippen LogP contribution in [0.5, 0.6) is 5.75 Å².